The van der Waals surface area contributed by atoms with Gasteiger partial charge in [-0.25, -0.2) is 0 Å². The molecule has 1 N–H and O–H groups in total. The van der Waals surface area contributed by atoms with Crippen LogP contribution in [0.25, 0.3) is 0 Å². The third-order valence-corrected chi connectivity index (χ3v) is 4.10. The largest absolute Gasteiger partial charge is 0.337 e. The zero-order chi connectivity index (χ0) is 12.3. The van der Waals surface area contributed by atoms with Gasteiger partial charge in [0.15, 0.2) is 0 Å². The Labute approximate surface area is 110 Å². The van der Waals surface area contributed by atoms with E-state index in [1.54, 1.807) is 0 Å². The van der Waals surface area contributed by atoms with Crippen LogP contribution in [0.5, 0.6) is 0 Å². The lowest BCUT2D eigenvalue weighted by molar-refractivity contribution is 0.0765. The summed E-state index contributed by atoms with van der Waals surface area (Å²) >= 11 is 3.50. The van der Waals surface area contributed by atoms with Crippen LogP contribution >= 0.6 is 15.9 Å². The first-order valence-corrected chi connectivity index (χ1v) is 6.74. The summed E-state index contributed by atoms with van der Waals surface area (Å²) in [5.74, 6) is 0.129. The van der Waals surface area contributed by atoms with Crippen molar-refractivity contribution in [2.45, 2.75) is 13.3 Å². The van der Waals surface area contributed by atoms with Crippen LogP contribution in [0.4, 0.5) is 0 Å². The van der Waals surface area contributed by atoms with Crippen LogP contribution in [0.2, 0.25) is 0 Å². The molecule has 0 unspecified atom stereocenters. The van der Waals surface area contributed by atoms with E-state index >= 15 is 0 Å². The van der Waals surface area contributed by atoms with E-state index in [1.165, 1.54) is 0 Å². The number of nitrogens with zero attached hydrogens (tertiary/aromatic N) is 1. The molecule has 0 radical (unpaired) electrons. The predicted molar refractivity (Wildman–Crippen MR) is 72.3 cm³/mol. The van der Waals surface area contributed by atoms with E-state index in [9.17, 15) is 4.79 Å². The molecule has 2 rings (SSSR count). The van der Waals surface area contributed by atoms with Crippen molar-refractivity contribution in [2.24, 2.45) is 0 Å². The molecular formula is C13H17BrN2O. The Morgan fingerprint density at radius 2 is 2.18 bits per heavy atom. The first-order chi connectivity index (χ1) is 8.20. The highest BCUT2D eigenvalue weighted by Crippen LogP contribution is 2.22. The molecule has 1 aromatic rings. The van der Waals surface area contributed by atoms with E-state index in [0.29, 0.717) is 0 Å². The van der Waals surface area contributed by atoms with Crippen LogP contribution in [0.3, 0.4) is 0 Å². The molecule has 0 spiro atoms. The van der Waals surface area contributed by atoms with Crippen molar-refractivity contribution >= 4 is 21.8 Å². The molecule has 0 saturated carbocycles. The van der Waals surface area contributed by atoms with Crippen molar-refractivity contribution in [3.63, 3.8) is 0 Å². The molecule has 17 heavy (non-hydrogen) atoms. The number of nitrogens with one attached hydrogen (secondary N) is 1. The number of hydrogen-bond acceptors (Lipinski definition) is 2. The van der Waals surface area contributed by atoms with Gasteiger partial charge in [0.2, 0.25) is 0 Å². The van der Waals surface area contributed by atoms with Crippen molar-refractivity contribution < 1.29 is 4.79 Å². The third kappa shape index (κ3) is 2.87. The molecule has 1 aliphatic heterocycles. The molecule has 1 amide bonds. The molecule has 92 valence electrons. The average molecular weight is 297 g/mol. The SMILES string of the molecule is Cc1cccc(C(=O)N2CCCNCC2)c1Br. The number of amides is 1. The van der Waals surface area contributed by atoms with Gasteiger partial charge in [0.05, 0.1) is 5.56 Å². The van der Waals surface area contributed by atoms with Gasteiger partial charge in [0.1, 0.15) is 0 Å². The number of carbonyl (C=O) groups is 1. The molecule has 1 aliphatic rings. The van der Waals surface area contributed by atoms with E-state index in [4.69, 9.17) is 0 Å². The second kappa shape index (κ2) is 5.65. The molecule has 1 fully saturated rings. The minimum Gasteiger partial charge on any atom is -0.337 e. The van der Waals surface area contributed by atoms with Gasteiger partial charge in [0, 0.05) is 24.1 Å². The number of aryl methyl sites for hydroxylation is 1. The van der Waals surface area contributed by atoms with E-state index in [-0.39, 0.29) is 5.91 Å². The van der Waals surface area contributed by atoms with Crippen LogP contribution in [-0.2, 0) is 0 Å². The van der Waals surface area contributed by atoms with Crippen LogP contribution in [-0.4, -0.2) is 37.0 Å². The normalized spacial score (nSPS) is 16.7. The minimum atomic E-state index is 0.129. The van der Waals surface area contributed by atoms with E-state index < -0.39 is 0 Å². The maximum Gasteiger partial charge on any atom is 0.255 e. The van der Waals surface area contributed by atoms with Crippen LogP contribution in [0, 0.1) is 6.92 Å². The maximum atomic E-state index is 12.4. The van der Waals surface area contributed by atoms with Gasteiger partial charge in [-0.2, -0.15) is 0 Å². The molecular weight excluding hydrogens is 280 g/mol. The number of carbonyl (C=O) groups excluding carboxylic acids is 1. The van der Waals surface area contributed by atoms with E-state index in [1.807, 2.05) is 30.0 Å². The number of rotatable bonds is 1. The lowest BCUT2D eigenvalue weighted by atomic mass is 10.1. The molecule has 0 bridgehead atoms. The summed E-state index contributed by atoms with van der Waals surface area (Å²) in [4.78, 5) is 14.3. The summed E-state index contributed by atoms with van der Waals surface area (Å²) in [5, 5.41) is 3.30. The van der Waals surface area contributed by atoms with E-state index in [0.717, 1.165) is 48.2 Å². The Morgan fingerprint density at radius 1 is 1.35 bits per heavy atom. The highest BCUT2D eigenvalue weighted by molar-refractivity contribution is 9.10. The second-order valence-electron chi connectivity index (χ2n) is 4.33. The number of benzene rings is 1. The minimum absolute atomic E-state index is 0.129. The van der Waals surface area contributed by atoms with Crippen molar-refractivity contribution in [1.82, 2.24) is 10.2 Å². The predicted octanol–water partition coefficient (Wildman–Crippen LogP) is 2.19. The molecule has 1 saturated heterocycles. The zero-order valence-electron chi connectivity index (χ0n) is 10.0. The van der Waals surface area contributed by atoms with Crippen LogP contribution < -0.4 is 5.32 Å². The summed E-state index contributed by atoms with van der Waals surface area (Å²) < 4.78 is 0.919. The summed E-state index contributed by atoms with van der Waals surface area (Å²) in [6.07, 6.45) is 1.02. The van der Waals surface area contributed by atoms with Crippen molar-refractivity contribution in [2.75, 3.05) is 26.2 Å². The highest BCUT2D eigenvalue weighted by atomic mass is 79.9. The summed E-state index contributed by atoms with van der Waals surface area (Å²) in [7, 11) is 0. The molecule has 3 nitrogen and oxygen atoms in total. The van der Waals surface area contributed by atoms with Gasteiger partial charge in [-0.3, -0.25) is 4.79 Å². The molecule has 0 aromatic heterocycles. The number of hydrogen-bond donors (Lipinski definition) is 1. The zero-order valence-corrected chi connectivity index (χ0v) is 11.6. The highest BCUT2D eigenvalue weighted by Gasteiger charge is 2.19. The van der Waals surface area contributed by atoms with Crippen molar-refractivity contribution in [3.05, 3.63) is 33.8 Å². The third-order valence-electron chi connectivity index (χ3n) is 3.05. The first-order valence-electron chi connectivity index (χ1n) is 5.95. The fourth-order valence-corrected chi connectivity index (χ4v) is 2.47. The van der Waals surface area contributed by atoms with Gasteiger partial charge >= 0.3 is 0 Å². The Balaban J connectivity index is 2.20. The summed E-state index contributed by atoms with van der Waals surface area (Å²) in [5.41, 5.74) is 1.87. The maximum absolute atomic E-state index is 12.4. The summed E-state index contributed by atoms with van der Waals surface area (Å²) in [6, 6.07) is 5.83. The Hall–Kier alpha value is -0.870. The van der Waals surface area contributed by atoms with Crippen molar-refractivity contribution in [1.29, 1.82) is 0 Å². The molecule has 0 aliphatic carbocycles. The molecule has 1 aromatic carbocycles. The van der Waals surface area contributed by atoms with Gasteiger partial charge in [0.25, 0.3) is 5.91 Å². The monoisotopic (exact) mass is 296 g/mol. The molecule has 0 atom stereocenters. The average Bonchev–Trinajstić information content (AvgIpc) is 2.60. The van der Waals surface area contributed by atoms with Crippen LogP contribution in [0.1, 0.15) is 22.3 Å². The number of halogens is 1. The quantitative estimate of drug-likeness (QED) is 0.862. The topological polar surface area (TPSA) is 32.3 Å². The fraction of sp³-hybridized carbons (Fsp3) is 0.462. The lowest BCUT2D eigenvalue weighted by Gasteiger charge is -2.21. The van der Waals surface area contributed by atoms with Crippen LogP contribution in [0.15, 0.2) is 22.7 Å². The first kappa shape index (κ1) is 12.6. The molecule has 1 heterocycles. The van der Waals surface area contributed by atoms with Gasteiger partial charge in [-0.15, -0.1) is 0 Å². The standard InChI is InChI=1S/C13H17BrN2O/c1-10-4-2-5-11(12(10)14)13(17)16-8-3-6-15-7-9-16/h2,4-5,15H,3,6-9H2,1H3. The van der Waals surface area contributed by atoms with Crippen molar-refractivity contribution in [3.8, 4) is 0 Å². The Kier molecular flexibility index (Phi) is 4.18. The smallest absolute Gasteiger partial charge is 0.255 e. The fourth-order valence-electron chi connectivity index (χ4n) is 2.03. The van der Waals surface area contributed by atoms with E-state index in [2.05, 4.69) is 21.2 Å². The van der Waals surface area contributed by atoms with Gasteiger partial charge in [-0.05, 0) is 47.4 Å². The van der Waals surface area contributed by atoms with Gasteiger partial charge in [-0.1, -0.05) is 12.1 Å². The Morgan fingerprint density at radius 3 is 3.00 bits per heavy atom. The summed E-state index contributed by atoms with van der Waals surface area (Å²) in [6.45, 7) is 5.52. The lowest BCUT2D eigenvalue weighted by Crippen LogP contribution is -2.34. The molecule has 4 heteroatoms. The second-order valence-corrected chi connectivity index (χ2v) is 5.13. The van der Waals surface area contributed by atoms with Gasteiger partial charge < -0.3 is 10.2 Å². The Bertz CT molecular complexity index is 412.